The largest absolute Gasteiger partial charge is 0.368 e. The van der Waals surface area contributed by atoms with Gasteiger partial charge >= 0.3 is 0 Å². The summed E-state index contributed by atoms with van der Waals surface area (Å²) in [4.78, 5) is 13.2. The molecule has 5 nitrogen and oxygen atoms in total. The zero-order valence-corrected chi connectivity index (χ0v) is 8.56. The smallest absolute Gasteiger partial charge is 0.181 e. The maximum atomic E-state index is 11.2. The number of carbonyl (C=O) groups excluding carboxylic acids is 1. The number of nitrogens with one attached hydrogen (secondary N) is 2. The van der Waals surface area contributed by atoms with E-state index in [4.69, 9.17) is 11.6 Å². The number of hydrogen-bond donors (Lipinski definition) is 2. The molecule has 76 valence electrons. The lowest BCUT2D eigenvalue weighted by Gasteiger charge is -2.25. The fraction of sp³-hybridized carbons (Fsp3) is 0.500. The van der Waals surface area contributed by atoms with Crippen molar-refractivity contribution >= 4 is 23.2 Å². The zero-order valence-electron chi connectivity index (χ0n) is 7.80. The Morgan fingerprint density at radius 3 is 3.14 bits per heavy atom. The van der Waals surface area contributed by atoms with Gasteiger partial charge in [0.1, 0.15) is 17.4 Å². The number of fused-ring (bicyclic) bond motifs is 1. The van der Waals surface area contributed by atoms with Crippen molar-refractivity contribution in [1.82, 2.24) is 15.6 Å². The molecule has 0 aromatic heterocycles. The molecule has 2 heterocycles. The summed E-state index contributed by atoms with van der Waals surface area (Å²) < 4.78 is 0. The maximum Gasteiger partial charge on any atom is 0.181 e. The molecule has 6 heteroatoms. The van der Waals surface area contributed by atoms with Crippen molar-refractivity contribution in [3.63, 3.8) is 0 Å². The fourth-order valence-electron chi connectivity index (χ4n) is 1.56. The lowest BCUT2D eigenvalue weighted by molar-refractivity contribution is -0.114. The highest BCUT2D eigenvalue weighted by Crippen LogP contribution is 2.16. The first kappa shape index (κ1) is 9.33. The molecule has 0 bridgehead atoms. The summed E-state index contributed by atoms with van der Waals surface area (Å²) in [5.41, 5.74) is 3.23. The quantitative estimate of drug-likeness (QED) is 0.626. The first-order valence-electron chi connectivity index (χ1n) is 4.39. The molecule has 0 saturated carbocycles. The van der Waals surface area contributed by atoms with Gasteiger partial charge in [-0.15, -0.1) is 11.6 Å². The number of halogens is 1. The molecule has 0 spiro atoms. The predicted octanol–water partition coefficient (Wildman–Crippen LogP) is -0.195. The molecule has 0 aliphatic carbocycles. The van der Waals surface area contributed by atoms with Crippen LogP contribution >= 0.6 is 11.6 Å². The average Bonchev–Trinajstić information content (AvgIpc) is 2.64. The van der Waals surface area contributed by atoms with Gasteiger partial charge in [0.15, 0.2) is 5.78 Å². The predicted molar refractivity (Wildman–Crippen MR) is 53.7 cm³/mol. The molecular formula is C8H11ClN4O. The molecule has 2 aliphatic heterocycles. The molecule has 0 aromatic rings. The van der Waals surface area contributed by atoms with Gasteiger partial charge in [0.2, 0.25) is 0 Å². The maximum absolute atomic E-state index is 11.2. The minimum Gasteiger partial charge on any atom is -0.368 e. The van der Waals surface area contributed by atoms with E-state index < -0.39 is 0 Å². The fourth-order valence-corrected chi connectivity index (χ4v) is 1.76. The second kappa shape index (κ2) is 3.49. The lowest BCUT2D eigenvalue weighted by Crippen LogP contribution is -2.39. The highest BCUT2D eigenvalue weighted by atomic mass is 35.5. The van der Waals surface area contributed by atoms with Crippen LogP contribution in [0.2, 0.25) is 0 Å². The minimum absolute atomic E-state index is 0.0308. The van der Waals surface area contributed by atoms with Gasteiger partial charge in [0.05, 0.1) is 5.88 Å². The van der Waals surface area contributed by atoms with Gasteiger partial charge in [-0.05, 0) is 0 Å². The number of nitrogens with zero attached hydrogens (tertiary/aromatic N) is 2. The Hall–Kier alpha value is -1.23. The summed E-state index contributed by atoms with van der Waals surface area (Å²) >= 11 is 5.73. The molecular weight excluding hydrogens is 204 g/mol. The normalized spacial score (nSPS) is 19.9. The van der Waals surface area contributed by atoms with Gasteiger partial charge in [0, 0.05) is 20.0 Å². The summed E-state index contributed by atoms with van der Waals surface area (Å²) in [6.45, 7) is 3.12. The Bertz CT molecular complexity index is 336. The average molecular weight is 215 g/mol. The van der Waals surface area contributed by atoms with E-state index in [-0.39, 0.29) is 5.78 Å². The first-order valence-corrected chi connectivity index (χ1v) is 4.92. The Labute approximate surface area is 86.8 Å². The summed E-state index contributed by atoms with van der Waals surface area (Å²) in [5.74, 6) is 1.85. The van der Waals surface area contributed by atoms with Gasteiger partial charge in [-0.25, -0.2) is 0 Å². The van der Waals surface area contributed by atoms with Crippen LogP contribution in [0.25, 0.3) is 0 Å². The van der Waals surface area contributed by atoms with Crippen LogP contribution in [-0.4, -0.2) is 35.5 Å². The molecule has 0 unspecified atom stereocenters. The van der Waals surface area contributed by atoms with Crippen LogP contribution in [0.3, 0.4) is 0 Å². The highest BCUT2D eigenvalue weighted by Gasteiger charge is 2.29. The standard InChI is InChI=1S/C8H11ClN4O/c1-5(14)7-8-10-2-3-13(8)6(4-9)11-12-7/h10,12H,2-4H2,1H3. The van der Waals surface area contributed by atoms with E-state index in [1.54, 1.807) is 0 Å². The number of alkyl halides is 1. The van der Waals surface area contributed by atoms with Crippen molar-refractivity contribution in [2.45, 2.75) is 6.92 Å². The van der Waals surface area contributed by atoms with E-state index in [1.807, 2.05) is 4.90 Å². The monoisotopic (exact) mass is 214 g/mol. The molecule has 1 fully saturated rings. The summed E-state index contributed by atoms with van der Waals surface area (Å²) in [6.07, 6.45) is 0. The minimum atomic E-state index is -0.0308. The third-order valence-electron chi connectivity index (χ3n) is 2.21. The van der Waals surface area contributed by atoms with Crippen molar-refractivity contribution in [3.8, 4) is 0 Å². The Kier molecular flexibility index (Phi) is 2.33. The van der Waals surface area contributed by atoms with Crippen LogP contribution in [0.15, 0.2) is 16.6 Å². The van der Waals surface area contributed by atoms with Crippen molar-refractivity contribution in [3.05, 3.63) is 11.5 Å². The van der Waals surface area contributed by atoms with E-state index in [9.17, 15) is 4.79 Å². The first-order chi connectivity index (χ1) is 6.74. The van der Waals surface area contributed by atoms with Crippen molar-refractivity contribution in [2.24, 2.45) is 5.10 Å². The highest BCUT2D eigenvalue weighted by molar-refractivity contribution is 6.28. The van der Waals surface area contributed by atoms with Gasteiger partial charge in [0.25, 0.3) is 0 Å². The van der Waals surface area contributed by atoms with Crippen molar-refractivity contribution < 1.29 is 4.79 Å². The summed E-state index contributed by atoms with van der Waals surface area (Å²) in [7, 11) is 0. The molecule has 2 aliphatic rings. The van der Waals surface area contributed by atoms with Crippen LogP contribution in [-0.2, 0) is 4.79 Å². The van der Waals surface area contributed by atoms with Gasteiger partial charge < -0.3 is 10.2 Å². The van der Waals surface area contributed by atoms with E-state index in [0.29, 0.717) is 11.6 Å². The second-order valence-electron chi connectivity index (χ2n) is 3.13. The Morgan fingerprint density at radius 1 is 1.71 bits per heavy atom. The van der Waals surface area contributed by atoms with Crippen LogP contribution in [0.1, 0.15) is 6.92 Å². The SMILES string of the molecule is CC(=O)C1=C2NCCN2C(CCl)=NN1. The third kappa shape index (κ3) is 1.33. The lowest BCUT2D eigenvalue weighted by atomic mass is 10.3. The number of Topliss-reactive ketones (excluding diaryl/α,β-unsaturated/α-hetero) is 1. The molecule has 2 N–H and O–H groups in total. The van der Waals surface area contributed by atoms with Crippen molar-refractivity contribution in [1.29, 1.82) is 0 Å². The van der Waals surface area contributed by atoms with E-state index in [1.165, 1.54) is 6.92 Å². The summed E-state index contributed by atoms with van der Waals surface area (Å²) in [6, 6.07) is 0. The molecule has 14 heavy (non-hydrogen) atoms. The number of amidine groups is 1. The van der Waals surface area contributed by atoms with Gasteiger partial charge in [-0.2, -0.15) is 5.10 Å². The number of rotatable bonds is 2. The van der Waals surface area contributed by atoms with E-state index in [2.05, 4.69) is 15.8 Å². The van der Waals surface area contributed by atoms with Crippen LogP contribution in [0.5, 0.6) is 0 Å². The van der Waals surface area contributed by atoms with Crippen LogP contribution in [0.4, 0.5) is 0 Å². The van der Waals surface area contributed by atoms with Crippen LogP contribution < -0.4 is 10.7 Å². The van der Waals surface area contributed by atoms with Crippen molar-refractivity contribution in [2.75, 3.05) is 19.0 Å². The Balaban J connectivity index is 2.33. The summed E-state index contributed by atoms with van der Waals surface area (Å²) in [5, 5.41) is 7.17. The number of carbonyl (C=O) groups is 1. The van der Waals surface area contributed by atoms with E-state index in [0.717, 1.165) is 24.7 Å². The second-order valence-corrected chi connectivity index (χ2v) is 3.40. The van der Waals surface area contributed by atoms with Gasteiger partial charge in [-0.3, -0.25) is 10.2 Å². The molecule has 1 saturated heterocycles. The number of hydrazone groups is 1. The third-order valence-corrected chi connectivity index (χ3v) is 2.45. The number of allylic oxidation sites excluding steroid dienone is 1. The van der Waals surface area contributed by atoms with E-state index >= 15 is 0 Å². The Morgan fingerprint density at radius 2 is 2.50 bits per heavy atom. The number of ketones is 1. The van der Waals surface area contributed by atoms with Gasteiger partial charge in [-0.1, -0.05) is 0 Å². The molecule has 0 aromatic carbocycles. The molecule has 0 atom stereocenters. The van der Waals surface area contributed by atoms with Crippen LogP contribution in [0, 0.1) is 0 Å². The molecule has 2 rings (SSSR count). The zero-order chi connectivity index (χ0) is 10.1. The number of hydrogen-bond acceptors (Lipinski definition) is 5. The molecule has 0 amide bonds. The molecule has 0 radical (unpaired) electrons. The topological polar surface area (TPSA) is 56.7 Å².